The molecule has 2 N–H and O–H groups in total. The van der Waals surface area contributed by atoms with Gasteiger partial charge in [-0.2, -0.15) is 5.26 Å². The summed E-state index contributed by atoms with van der Waals surface area (Å²) in [5.41, 5.74) is 5.53. The molecular formula is C11H20N2. The van der Waals surface area contributed by atoms with Crippen molar-refractivity contribution in [2.75, 3.05) is 0 Å². The second kappa shape index (κ2) is 5.99. The highest BCUT2D eigenvalue weighted by Gasteiger charge is 2.13. The molecule has 1 aliphatic rings. The fourth-order valence-electron chi connectivity index (χ4n) is 2.17. The van der Waals surface area contributed by atoms with Crippen molar-refractivity contribution >= 4 is 0 Å². The van der Waals surface area contributed by atoms with E-state index in [-0.39, 0.29) is 6.04 Å². The molecule has 1 aliphatic carbocycles. The maximum Gasteiger partial charge on any atom is 0.0928 e. The molecule has 1 fully saturated rings. The molecule has 2 heteroatoms. The largest absolute Gasteiger partial charge is 0.316 e. The predicted octanol–water partition coefficient (Wildman–Crippen LogP) is 2.59. The monoisotopic (exact) mass is 180 g/mol. The lowest BCUT2D eigenvalue weighted by Gasteiger charge is -2.21. The van der Waals surface area contributed by atoms with Gasteiger partial charge >= 0.3 is 0 Å². The van der Waals surface area contributed by atoms with Crippen molar-refractivity contribution in [3.8, 4) is 6.07 Å². The van der Waals surface area contributed by atoms with Crippen LogP contribution in [0.3, 0.4) is 0 Å². The molecule has 74 valence electrons. The third-order valence-electron chi connectivity index (χ3n) is 3.02. The molecule has 0 aromatic heterocycles. The molecule has 0 aromatic carbocycles. The van der Waals surface area contributed by atoms with Crippen LogP contribution >= 0.6 is 0 Å². The molecule has 0 saturated heterocycles. The van der Waals surface area contributed by atoms with Gasteiger partial charge in [-0.25, -0.2) is 0 Å². The summed E-state index contributed by atoms with van der Waals surface area (Å²) in [5.74, 6) is 0.930. The first-order chi connectivity index (χ1) is 6.33. The Hall–Kier alpha value is -0.550. The molecule has 0 bridgehead atoms. The van der Waals surface area contributed by atoms with Crippen LogP contribution in [0, 0.1) is 17.2 Å². The van der Waals surface area contributed by atoms with Gasteiger partial charge in [0.15, 0.2) is 0 Å². The van der Waals surface area contributed by atoms with Gasteiger partial charge in [0, 0.05) is 0 Å². The van der Waals surface area contributed by atoms with Crippen molar-refractivity contribution in [2.24, 2.45) is 11.7 Å². The van der Waals surface area contributed by atoms with E-state index in [1.165, 1.54) is 38.5 Å². The highest BCUT2D eigenvalue weighted by atomic mass is 14.6. The van der Waals surface area contributed by atoms with E-state index in [9.17, 15) is 0 Å². The van der Waals surface area contributed by atoms with Crippen molar-refractivity contribution in [2.45, 2.75) is 57.4 Å². The average Bonchev–Trinajstić information content (AvgIpc) is 2.19. The number of rotatable bonds is 4. The first kappa shape index (κ1) is 10.5. The zero-order valence-corrected chi connectivity index (χ0v) is 8.34. The van der Waals surface area contributed by atoms with Gasteiger partial charge in [-0.3, -0.25) is 0 Å². The Labute approximate surface area is 81.1 Å². The Balaban J connectivity index is 2.02. The second-order valence-electron chi connectivity index (χ2n) is 4.17. The predicted molar refractivity (Wildman–Crippen MR) is 54.0 cm³/mol. The normalized spacial score (nSPS) is 20.9. The first-order valence-corrected chi connectivity index (χ1v) is 5.48. The van der Waals surface area contributed by atoms with Gasteiger partial charge in [-0.05, 0) is 12.3 Å². The summed E-state index contributed by atoms with van der Waals surface area (Å²) < 4.78 is 0. The van der Waals surface area contributed by atoms with Crippen LogP contribution in [0.5, 0.6) is 0 Å². The van der Waals surface area contributed by atoms with Crippen LogP contribution < -0.4 is 5.73 Å². The van der Waals surface area contributed by atoms with Gasteiger partial charge in [0.2, 0.25) is 0 Å². The smallest absolute Gasteiger partial charge is 0.0928 e. The molecule has 13 heavy (non-hydrogen) atoms. The fraction of sp³-hybridized carbons (Fsp3) is 0.909. The minimum Gasteiger partial charge on any atom is -0.316 e. The Morgan fingerprint density at radius 1 is 1.31 bits per heavy atom. The lowest BCUT2D eigenvalue weighted by atomic mass is 9.85. The van der Waals surface area contributed by atoms with E-state index in [2.05, 4.69) is 6.07 Å². The summed E-state index contributed by atoms with van der Waals surface area (Å²) in [6, 6.07) is 1.85. The van der Waals surface area contributed by atoms with Crippen molar-refractivity contribution in [1.29, 1.82) is 5.26 Å². The van der Waals surface area contributed by atoms with E-state index < -0.39 is 0 Å². The van der Waals surface area contributed by atoms with E-state index in [0.717, 1.165) is 18.8 Å². The second-order valence-corrected chi connectivity index (χ2v) is 4.17. The van der Waals surface area contributed by atoms with E-state index >= 15 is 0 Å². The topological polar surface area (TPSA) is 49.8 Å². The van der Waals surface area contributed by atoms with E-state index in [1.807, 2.05) is 0 Å². The number of hydrogen-bond acceptors (Lipinski definition) is 2. The van der Waals surface area contributed by atoms with Crippen molar-refractivity contribution < 1.29 is 0 Å². The number of nitrogens with two attached hydrogens (primary N) is 1. The highest BCUT2D eigenvalue weighted by molar-refractivity contribution is 4.86. The molecule has 1 saturated carbocycles. The van der Waals surface area contributed by atoms with E-state index in [1.54, 1.807) is 0 Å². The van der Waals surface area contributed by atoms with E-state index in [4.69, 9.17) is 11.0 Å². The van der Waals surface area contributed by atoms with Gasteiger partial charge in [0.25, 0.3) is 0 Å². The quantitative estimate of drug-likeness (QED) is 0.723. The van der Waals surface area contributed by atoms with Gasteiger partial charge in [-0.1, -0.05) is 44.9 Å². The molecule has 0 spiro atoms. The molecule has 2 nitrogen and oxygen atoms in total. The zero-order valence-electron chi connectivity index (χ0n) is 8.34. The van der Waals surface area contributed by atoms with Crippen LogP contribution in [0.2, 0.25) is 0 Å². The molecule has 0 aromatic rings. The lowest BCUT2D eigenvalue weighted by molar-refractivity contribution is 0.328. The van der Waals surface area contributed by atoms with Crippen LogP contribution in [0.15, 0.2) is 0 Å². The summed E-state index contributed by atoms with van der Waals surface area (Å²) in [6.45, 7) is 0. The first-order valence-electron chi connectivity index (χ1n) is 5.48. The molecule has 1 rings (SSSR count). The minimum atomic E-state index is -0.233. The number of hydrogen-bond donors (Lipinski definition) is 1. The van der Waals surface area contributed by atoms with Crippen LogP contribution in [-0.4, -0.2) is 6.04 Å². The van der Waals surface area contributed by atoms with Crippen LogP contribution in [0.4, 0.5) is 0 Å². The summed E-state index contributed by atoms with van der Waals surface area (Å²) in [4.78, 5) is 0. The third kappa shape index (κ3) is 4.28. The molecule has 0 aliphatic heterocycles. The highest BCUT2D eigenvalue weighted by Crippen LogP contribution is 2.27. The van der Waals surface area contributed by atoms with Gasteiger partial charge in [0.1, 0.15) is 0 Å². The average molecular weight is 180 g/mol. The maximum absolute atomic E-state index is 8.50. The molecular weight excluding hydrogens is 160 g/mol. The number of nitrogens with zero attached hydrogens (tertiary/aromatic N) is 1. The zero-order chi connectivity index (χ0) is 9.52. The van der Waals surface area contributed by atoms with Gasteiger partial charge < -0.3 is 5.73 Å². The fourth-order valence-corrected chi connectivity index (χ4v) is 2.17. The van der Waals surface area contributed by atoms with Crippen LogP contribution in [0.1, 0.15) is 51.4 Å². The Morgan fingerprint density at radius 3 is 2.62 bits per heavy atom. The lowest BCUT2D eigenvalue weighted by Crippen LogP contribution is -2.17. The minimum absolute atomic E-state index is 0.233. The Morgan fingerprint density at radius 2 is 2.00 bits per heavy atom. The summed E-state index contributed by atoms with van der Waals surface area (Å²) in [5, 5.41) is 8.50. The van der Waals surface area contributed by atoms with Gasteiger partial charge in [-0.15, -0.1) is 0 Å². The summed E-state index contributed by atoms with van der Waals surface area (Å²) >= 11 is 0. The van der Waals surface area contributed by atoms with Gasteiger partial charge in [0.05, 0.1) is 12.1 Å². The van der Waals surface area contributed by atoms with E-state index in [0.29, 0.717) is 0 Å². The van der Waals surface area contributed by atoms with Crippen molar-refractivity contribution in [3.63, 3.8) is 0 Å². The molecule has 0 amide bonds. The molecule has 1 atom stereocenters. The Kier molecular flexibility index (Phi) is 4.85. The SMILES string of the molecule is N#CC(N)CCCC1CCCCC1. The van der Waals surface area contributed by atoms with Crippen molar-refractivity contribution in [3.05, 3.63) is 0 Å². The molecule has 1 unspecified atom stereocenters. The summed E-state index contributed by atoms with van der Waals surface area (Å²) in [7, 11) is 0. The Bertz CT molecular complexity index is 165. The summed E-state index contributed by atoms with van der Waals surface area (Å²) in [6.07, 6.45) is 10.4. The third-order valence-corrected chi connectivity index (χ3v) is 3.02. The van der Waals surface area contributed by atoms with Crippen molar-refractivity contribution in [1.82, 2.24) is 0 Å². The standard InChI is InChI=1S/C11H20N2/c12-9-11(13)8-4-7-10-5-2-1-3-6-10/h10-11H,1-8,13H2. The van der Waals surface area contributed by atoms with Crippen LogP contribution in [-0.2, 0) is 0 Å². The molecule has 0 heterocycles. The number of nitriles is 1. The maximum atomic E-state index is 8.50. The molecule has 0 radical (unpaired) electrons. The van der Waals surface area contributed by atoms with Crippen LogP contribution in [0.25, 0.3) is 0 Å².